The molecule has 1 aromatic carbocycles. The number of imidazole rings is 1. The van der Waals surface area contributed by atoms with Crippen molar-refractivity contribution in [1.29, 1.82) is 0 Å². The van der Waals surface area contributed by atoms with Crippen molar-refractivity contribution in [2.45, 2.75) is 45.6 Å². The molecule has 0 atom stereocenters. The smallest absolute Gasteiger partial charge is 0.326 e. The Hall–Kier alpha value is -2.57. The fraction of sp³-hybridized carbons (Fsp3) is 0.526. The summed E-state index contributed by atoms with van der Waals surface area (Å²) in [5.41, 5.74) is 1.65. The van der Waals surface area contributed by atoms with E-state index in [1.54, 1.807) is 22.8 Å². The number of H-pyrrole nitrogens is 1. The highest BCUT2D eigenvalue weighted by Crippen LogP contribution is 2.30. The molecule has 140 valence electrons. The van der Waals surface area contributed by atoms with Crippen molar-refractivity contribution in [1.82, 2.24) is 14.5 Å². The molecule has 7 nitrogen and oxygen atoms in total. The summed E-state index contributed by atoms with van der Waals surface area (Å²) >= 11 is 0. The quantitative estimate of drug-likeness (QED) is 0.829. The van der Waals surface area contributed by atoms with Crippen molar-refractivity contribution < 1.29 is 14.7 Å². The molecule has 0 unspecified atom stereocenters. The summed E-state index contributed by atoms with van der Waals surface area (Å²) in [6, 6.07) is 5.33. The summed E-state index contributed by atoms with van der Waals surface area (Å²) in [6.45, 7) is 3.90. The van der Waals surface area contributed by atoms with E-state index < -0.39 is 5.97 Å². The molecule has 1 aromatic heterocycles. The molecule has 1 heterocycles. The third kappa shape index (κ3) is 3.66. The summed E-state index contributed by atoms with van der Waals surface area (Å²) in [6.07, 6.45) is 4.24. The Balaban J connectivity index is 1.94. The Kier molecular flexibility index (Phi) is 5.15. The van der Waals surface area contributed by atoms with Crippen LogP contribution in [0.5, 0.6) is 0 Å². The van der Waals surface area contributed by atoms with Crippen LogP contribution >= 0.6 is 0 Å². The third-order valence-corrected chi connectivity index (χ3v) is 4.85. The van der Waals surface area contributed by atoms with Crippen LogP contribution in [0, 0.1) is 5.92 Å². The number of amides is 1. The van der Waals surface area contributed by atoms with Gasteiger partial charge in [0.05, 0.1) is 11.0 Å². The van der Waals surface area contributed by atoms with Gasteiger partial charge in [-0.2, -0.15) is 0 Å². The number of aliphatic carboxylic acids is 1. The van der Waals surface area contributed by atoms with Crippen LogP contribution in [0.3, 0.4) is 0 Å². The number of carboxylic acid groups (broad SMARTS) is 1. The van der Waals surface area contributed by atoms with Gasteiger partial charge in [0, 0.05) is 18.2 Å². The van der Waals surface area contributed by atoms with Crippen molar-refractivity contribution in [2.24, 2.45) is 5.92 Å². The number of hydrogen-bond donors (Lipinski definition) is 2. The minimum Gasteiger partial charge on any atom is -0.480 e. The Morgan fingerprint density at radius 2 is 2.00 bits per heavy atom. The molecule has 2 aromatic rings. The van der Waals surface area contributed by atoms with Gasteiger partial charge in [0.1, 0.15) is 6.54 Å². The first kappa shape index (κ1) is 18.2. The number of hydrogen-bond acceptors (Lipinski definition) is 3. The molecule has 7 heteroatoms. The summed E-state index contributed by atoms with van der Waals surface area (Å²) in [5, 5.41) is 9.08. The van der Waals surface area contributed by atoms with Gasteiger partial charge in [0.25, 0.3) is 5.91 Å². The van der Waals surface area contributed by atoms with Gasteiger partial charge in [0.2, 0.25) is 0 Å². The number of nitrogens with one attached hydrogen (secondary N) is 1. The lowest BCUT2D eigenvalue weighted by Gasteiger charge is -2.22. The number of nitrogens with zero attached hydrogens (tertiary/aromatic N) is 2. The van der Waals surface area contributed by atoms with Gasteiger partial charge in [-0.1, -0.05) is 26.7 Å². The molecule has 1 fully saturated rings. The lowest BCUT2D eigenvalue weighted by Crippen LogP contribution is -2.38. The van der Waals surface area contributed by atoms with Gasteiger partial charge < -0.3 is 15.0 Å². The van der Waals surface area contributed by atoms with E-state index >= 15 is 0 Å². The average Bonchev–Trinajstić information content (AvgIpc) is 3.18. The number of benzene rings is 1. The molecule has 0 aliphatic heterocycles. The zero-order chi connectivity index (χ0) is 18.8. The van der Waals surface area contributed by atoms with Crippen molar-refractivity contribution >= 4 is 22.9 Å². The number of carbonyl (C=O) groups is 2. The van der Waals surface area contributed by atoms with E-state index in [2.05, 4.69) is 4.98 Å². The predicted octanol–water partition coefficient (Wildman–Crippen LogP) is 2.63. The number of rotatable bonds is 6. The number of aromatic nitrogens is 2. The molecule has 0 bridgehead atoms. The van der Waals surface area contributed by atoms with Crippen LogP contribution in [-0.4, -0.2) is 44.5 Å². The second kappa shape index (κ2) is 7.35. The summed E-state index contributed by atoms with van der Waals surface area (Å²) in [5.74, 6) is -1.22. The van der Waals surface area contributed by atoms with Gasteiger partial charge in [-0.15, -0.1) is 0 Å². The number of carboxylic acids is 1. The van der Waals surface area contributed by atoms with E-state index in [1.807, 2.05) is 13.8 Å². The standard InChI is InChI=1S/C19H25N3O4/c1-12(2)10-21(11-17(23)24)18(25)13-7-8-16-15(9-13)20-19(26)22(16)14-5-3-4-6-14/h7-9,12,14H,3-6,10-11H2,1-2H3,(H,20,26)(H,23,24). The van der Waals surface area contributed by atoms with Crippen molar-refractivity contribution in [3.8, 4) is 0 Å². The van der Waals surface area contributed by atoms with Crippen molar-refractivity contribution in [2.75, 3.05) is 13.1 Å². The molecule has 1 amide bonds. The van der Waals surface area contributed by atoms with Crippen LogP contribution in [0.1, 0.15) is 55.9 Å². The molecule has 1 aliphatic rings. The highest BCUT2D eigenvalue weighted by atomic mass is 16.4. The van der Waals surface area contributed by atoms with E-state index in [0.717, 1.165) is 31.2 Å². The maximum atomic E-state index is 12.8. The first-order valence-corrected chi connectivity index (χ1v) is 9.12. The second-order valence-electron chi connectivity index (χ2n) is 7.44. The number of aromatic amines is 1. The first-order valence-electron chi connectivity index (χ1n) is 9.12. The van der Waals surface area contributed by atoms with Crippen LogP contribution in [0.15, 0.2) is 23.0 Å². The van der Waals surface area contributed by atoms with Crippen molar-refractivity contribution in [3.63, 3.8) is 0 Å². The van der Waals surface area contributed by atoms with Crippen LogP contribution < -0.4 is 5.69 Å². The Morgan fingerprint density at radius 3 is 2.62 bits per heavy atom. The molecular formula is C19H25N3O4. The lowest BCUT2D eigenvalue weighted by molar-refractivity contribution is -0.137. The molecular weight excluding hydrogens is 334 g/mol. The van der Waals surface area contributed by atoms with Crippen molar-refractivity contribution in [3.05, 3.63) is 34.2 Å². The second-order valence-corrected chi connectivity index (χ2v) is 7.44. The molecule has 0 spiro atoms. The van der Waals surface area contributed by atoms with E-state index in [9.17, 15) is 14.4 Å². The Labute approximate surface area is 151 Å². The summed E-state index contributed by atoms with van der Waals surface area (Å²) < 4.78 is 1.79. The topological polar surface area (TPSA) is 95.4 Å². The van der Waals surface area contributed by atoms with Gasteiger partial charge >= 0.3 is 11.7 Å². The SMILES string of the molecule is CC(C)CN(CC(=O)O)C(=O)c1ccc2c(c1)[nH]c(=O)n2C1CCCC1. The average molecular weight is 359 g/mol. The summed E-state index contributed by atoms with van der Waals surface area (Å²) in [4.78, 5) is 40.4. The zero-order valence-electron chi connectivity index (χ0n) is 15.2. The first-order chi connectivity index (χ1) is 12.4. The van der Waals surface area contributed by atoms with E-state index in [-0.39, 0.29) is 30.1 Å². The Bertz CT molecular complexity index is 875. The zero-order valence-corrected chi connectivity index (χ0v) is 15.2. The lowest BCUT2D eigenvalue weighted by atomic mass is 10.1. The highest BCUT2D eigenvalue weighted by Gasteiger charge is 2.23. The molecule has 0 saturated heterocycles. The maximum Gasteiger partial charge on any atom is 0.326 e. The fourth-order valence-electron chi connectivity index (χ4n) is 3.79. The van der Waals surface area contributed by atoms with Crippen LogP contribution in [0.4, 0.5) is 0 Å². The maximum absolute atomic E-state index is 12.8. The molecule has 26 heavy (non-hydrogen) atoms. The minimum atomic E-state index is -1.04. The minimum absolute atomic E-state index is 0.152. The number of carbonyl (C=O) groups excluding carboxylic acids is 1. The van der Waals surface area contributed by atoms with Crippen LogP contribution in [0.25, 0.3) is 11.0 Å². The van der Waals surface area contributed by atoms with Gasteiger partial charge in [-0.05, 0) is 37.0 Å². The van der Waals surface area contributed by atoms with E-state index in [4.69, 9.17) is 5.11 Å². The molecule has 0 radical (unpaired) electrons. The van der Waals surface area contributed by atoms with Gasteiger partial charge in [-0.3, -0.25) is 14.2 Å². The molecule has 1 saturated carbocycles. The normalized spacial score (nSPS) is 15.0. The third-order valence-electron chi connectivity index (χ3n) is 4.85. The van der Waals surface area contributed by atoms with Crippen LogP contribution in [-0.2, 0) is 4.79 Å². The summed E-state index contributed by atoms with van der Waals surface area (Å²) in [7, 11) is 0. The highest BCUT2D eigenvalue weighted by molar-refractivity contribution is 5.98. The molecule has 3 rings (SSSR count). The number of fused-ring (bicyclic) bond motifs is 1. The molecule has 1 aliphatic carbocycles. The van der Waals surface area contributed by atoms with E-state index in [1.165, 1.54) is 4.90 Å². The fourth-order valence-corrected chi connectivity index (χ4v) is 3.79. The Morgan fingerprint density at radius 1 is 1.31 bits per heavy atom. The van der Waals surface area contributed by atoms with Gasteiger partial charge in [-0.25, -0.2) is 4.79 Å². The van der Waals surface area contributed by atoms with Gasteiger partial charge in [0.15, 0.2) is 0 Å². The largest absolute Gasteiger partial charge is 0.480 e. The molecule has 2 N–H and O–H groups in total. The predicted molar refractivity (Wildman–Crippen MR) is 98.4 cm³/mol. The van der Waals surface area contributed by atoms with Crippen LogP contribution in [0.2, 0.25) is 0 Å². The van der Waals surface area contributed by atoms with E-state index in [0.29, 0.717) is 17.6 Å². The monoisotopic (exact) mass is 359 g/mol.